The fourth-order valence-electron chi connectivity index (χ4n) is 5.62. The molecule has 41 heavy (non-hydrogen) atoms. The number of nitrogens with zero attached hydrogens (tertiary/aromatic N) is 1. The van der Waals surface area contributed by atoms with E-state index in [2.05, 4.69) is 15.6 Å². The number of nitrogens with two attached hydrogens (primary N) is 1. The summed E-state index contributed by atoms with van der Waals surface area (Å²) in [5.74, 6) is -0.955. The van der Waals surface area contributed by atoms with Crippen LogP contribution in [-0.4, -0.2) is 58.4 Å². The number of para-hydroxylation sites is 1. The van der Waals surface area contributed by atoms with Gasteiger partial charge in [-0.15, -0.1) is 0 Å². The lowest BCUT2D eigenvalue weighted by Crippen LogP contribution is -2.65. The molecule has 2 atom stereocenters. The maximum absolute atomic E-state index is 13.9. The highest BCUT2D eigenvalue weighted by Crippen LogP contribution is 2.35. The van der Waals surface area contributed by atoms with E-state index in [0.717, 1.165) is 27.7 Å². The number of nitrogens with one attached hydrogen (secondary N) is 3. The van der Waals surface area contributed by atoms with Gasteiger partial charge in [-0.25, -0.2) is 0 Å². The van der Waals surface area contributed by atoms with E-state index in [4.69, 9.17) is 15.2 Å². The maximum atomic E-state index is 13.9. The first-order chi connectivity index (χ1) is 19.6. The molecule has 2 aromatic carbocycles. The van der Waals surface area contributed by atoms with Crippen LogP contribution in [0.1, 0.15) is 44.0 Å². The lowest BCUT2D eigenvalue weighted by Gasteiger charge is -2.38. The molecule has 4 amide bonds. The number of hydrogen-bond acceptors (Lipinski definition) is 6. The first kappa shape index (κ1) is 28.0. The van der Waals surface area contributed by atoms with E-state index in [1.54, 1.807) is 26.0 Å². The van der Waals surface area contributed by atoms with Crippen molar-refractivity contribution in [1.29, 1.82) is 0 Å². The molecule has 0 unspecified atom stereocenters. The van der Waals surface area contributed by atoms with Gasteiger partial charge in [-0.1, -0.05) is 38.1 Å². The summed E-state index contributed by atoms with van der Waals surface area (Å²) in [6.07, 6.45) is 1.03. The molecule has 11 heteroatoms. The Labute approximate surface area is 237 Å². The Hall–Kier alpha value is -4.54. The summed E-state index contributed by atoms with van der Waals surface area (Å²) in [5.41, 5.74) is 7.91. The number of carbonyl (C=O) groups is 4. The van der Waals surface area contributed by atoms with Gasteiger partial charge in [0.2, 0.25) is 30.4 Å². The third-order valence-electron chi connectivity index (χ3n) is 7.85. The van der Waals surface area contributed by atoms with Gasteiger partial charge in [0, 0.05) is 36.5 Å². The van der Waals surface area contributed by atoms with Gasteiger partial charge in [-0.2, -0.15) is 0 Å². The second-order valence-corrected chi connectivity index (χ2v) is 11.1. The second kappa shape index (κ2) is 11.1. The highest BCUT2D eigenvalue weighted by atomic mass is 16.7. The minimum absolute atomic E-state index is 0.132. The molecule has 2 heterocycles. The van der Waals surface area contributed by atoms with Crippen LogP contribution in [0, 0.1) is 5.92 Å². The van der Waals surface area contributed by atoms with Gasteiger partial charge in [0.1, 0.15) is 11.6 Å². The standard InChI is InChI=1S/C30H35N5O6/c1-17(2)27(28(31)38)33-29(39)30(11-10-23-21(13-30)20-6-4-5-7-22(20)32-23)34-26(37)15-35(18(3)36)14-19-8-9-24-25(12-19)41-16-40-24/h4-9,12,17,27,32H,10-11,13-16H2,1-3H3,(H2,31,38)(H,33,39)(H,34,37)/t27-,30+/m0/s1. The van der Waals surface area contributed by atoms with Crippen LogP contribution < -0.4 is 25.8 Å². The zero-order valence-electron chi connectivity index (χ0n) is 23.4. The molecular weight excluding hydrogens is 526 g/mol. The number of ether oxygens (including phenoxy) is 2. The number of primary amides is 1. The average molecular weight is 562 g/mol. The van der Waals surface area contributed by atoms with Crippen molar-refractivity contribution in [3.8, 4) is 11.5 Å². The van der Waals surface area contributed by atoms with Crippen molar-refractivity contribution in [2.75, 3.05) is 13.3 Å². The SMILES string of the molecule is CC(=O)N(CC(=O)N[C@]1(C(=O)N[C@H](C(N)=O)C(C)C)CCc2[nH]c3ccccc3c2C1)Cc1ccc2c(c1)OCO2. The quantitative estimate of drug-likeness (QED) is 0.313. The Morgan fingerprint density at radius 3 is 2.59 bits per heavy atom. The van der Waals surface area contributed by atoms with E-state index in [1.165, 1.54) is 11.8 Å². The third-order valence-corrected chi connectivity index (χ3v) is 7.85. The van der Waals surface area contributed by atoms with Gasteiger partial charge in [0.05, 0.1) is 6.54 Å². The van der Waals surface area contributed by atoms with Crippen LogP contribution in [-0.2, 0) is 38.6 Å². The fraction of sp³-hybridized carbons (Fsp3) is 0.400. The average Bonchev–Trinajstić information content (AvgIpc) is 3.54. The van der Waals surface area contributed by atoms with Crippen molar-refractivity contribution in [2.45, 2.75) is 58.2 Å². The smallest absolute Gasteiger partial charge is 0.246 e. The number of amides is 4. The van der Waals surface area contributed by atoms with Crippen molar-refractivity contribution in [3.63, 3.8) is 0 Å². The second-order valence-electron chi connectivity index (χ2n) is 11.1. The summed E-state index contributed by atoms with van der Waals surface area (Å²) in [6.45, 7) is 5.02. The number of H-pyrrole nitrogens is 1. The molecule has 0 saturated heterocycles. The first-order valence-corrected chi connectivity index (χ1v) is 13.7. The molecule has 216 valence electrons. The molecule has 5 N–H and O–H groups in total. The van der Waals surface area contributed by atoms with E-state index >= 15 is 0 Å². The molecule has 0 radical (unpaired) electrons. The van der Waals surface area contributed by atoms with E-state index in [0.29, 0.717) is 24.3 Å². The number of aryl methyl sites for hydroxylation is 1. The van der Waals surface area contributed by atoms with Crippen LogP contribution in [0.5, 0.6) is 11.5 Å². The normalized spacial score (nSPS) is 18.0. The Balaban J connectivity index is 1.40. The van der Waals surface area contributed by atoms with Gasteiger partial charge < -0.3 is 35.7 Å². The van der Waals surface area contributed by atoms with E-state index in [1.807, 2.05) is 30.3 Å². The zero-order chi connectivity index (χ0) is 29.3. The minimum atomic E-state index is -1.35. The molecule has 1 aliphatic heterocycles. The number of benzene rings is 2. The highest BCUT2D eigenvalue weighted by Gasteiger charge is 2.45. The Bertz CT molecular complexity index is 1510. The summed E-state index contributed by atoms with van der Waals surface area (Å²) < 4.78 is 10.8. The third kappa shape index (κ3) is 5.70. The van der Waals surface area contributed by atoms with Crippen LogP contribution in [0.4, 0.5) is 0 Å². The van der Waals surface area contributed by atoms with Crippen molar-refractivity contribution in [3.05, 3.63) is 59.3 Å². The van der Waals surface area contributed by atoms with Crippen molar-refractivity contribution >= 4 is 34.5 Å². The monoisotopic (exact) mass is 561 g/mol. The zero-order valence-corrected chi connectivity index (χ0v) is 23.4. The number of fused-ring (bicyclic) bond motifs is 4. The molecule has 1 aliphatic carbocycles. The summed E-state index contributed by atoms with van der Waals surface area (Å²) in [6, 6.07) is 12.3. The Kier molecular flexibility index (Phi) is 7.61. The van der Waals surface area contributed by atoms with Gasteiger partial charge in [0.15, 0.2) is 11.5 Å². The predicted octanol–water partition coefficient (Wildman–Crippen LogP) is 1.92. The molecule has 0 bridgehead atoms. The molecule has 5 rings (SSSR count). The molecule has 0 fully saturated rings. The maximum Gasteiger partial charge on any atom is 0.246 e. The summed E-state index contributed by atoms with van der Waals surface area (Å²) in [5, 5.41) is 6.74. The molecule has 2 aliphatic rings. The fourth-order valence-corrected chi connectivity index (χ4v) is 5.62. The van der Waals surface area contributed by atoms with Crippen LogP contribution in [0.15, 0.2) is 42.5 Å². The lowest BCUT2D eigenvalue weighted by atomic mass is 9.78. The van der Waals surface area contributed by atoms with Gasteiger partial charge >= 0.3 is 0 Å². The molecule has 3 aromatic rings. The predicted molar refractivity (Wildman–Crippen MR) is 151 cm³/mol. The van der Waals surface area contributed by atoms with Gasteiger partial charge in [-0.3, -0.25) is 19.2 Å². The lowest BCUT2D eigenvalue weighted by molar-refractivity contribution is -0.139. The van der Waals surface area contributed by atoms with Gasteiger partial charge in [-0.05, 0) is 48.1 Å². The first-order valence-electron chi connectivity index (χ1n) is 13.7. The Morgan fingerprint density at radius 1 is 1.10 bits per heavy atom. The summed E-state index contributed by atoms with van der Waals surface area (Å²) >= 11 is 0. The van der Waals surface area contributed by atoms with Crippen LogP contribution in [0.2, 0.25) is 0 Å². The van der Waals surface area contributed by atoms with Crippen molar-refractivity contribution in [1.82, 2.24) is 20.5 Å². The number of aromatic amines is 1. The van der Waals surface area contributed by atoms with Crippen LogP contribution >= 0.6 is 0 Å². The molecular formula is C30H35N5O6. The van der Waals surface area contributed by atoms with Crippen LogP contribution in [0.25, 0.3) is 10.9 Å². The molecule has 0 spiro atoms. The highest BCUT2D eigenvalue weighted by molar-refractivity contribution is 5.97. The largest absolute Gasteiger partial charge is 0.454 e. The molecule has 11 nitrogen and oxygen atoms in total. The summed E-state index contributed by atoms with van der Waals surface area (Å²) in [7, 11) is 0. The topological polar surface area (TPSA) is 156 Å². The number of rotatable bonds is 9. The minimum Gasteiger partial charge on any atom is -0.454 e. The van der Waals surface area contributed by atoms with Gasteiger partial charge in [0.25, 0.3) is 0 Å². The van der Waals surface area contributed by atoms with Crippen LogP contribution in [0.3, 0.4) is 0 Å². The number of carbonyl (C=O) groups excluding carboxylic acids is 4. The van der Waals surface area contributed by atoms with E-state index < -0.39 is 29.3 Å². The van der Waals surface area contributed by atoms with Crippen molar-refractivity contribution < 1.29 is 28.7 Å². The molecule has 1 aromatic heterocycles. The molecule has 0 saturated carbocycles. The number of aromatic nitrogens is 1. The Morgan fingerprint density at radius 2 is 1.85 bits per heavy atom. The summed E-state index contributed by atoms with van der Waals surface area (Å²) in [4.78, 5) is 57.0. The number of hydrogen-bond donors (Lipinski definition) is 4. The van der Waals surface area contributed by atoms with E-state index in [9.17, 15) is 19.2 Å². The van der Waals surface area contributed by atoms with E-state index in [-0.39, 0.29) is 38.1 Å². The van der Waals surface area contributed by atoms with Crippen molar-refractivity contribution in [2.24, 2.45) is 11.7 Å².